The zero-order valence-corrected chi connectivity index (χ0v) is 9.01. The van der Waals surface area contributed by atoms with Crippen molar-refractivity contribution in [3.63, 3.8) is 0 Å². The molecular formula is C12H12O2P. The van der Waals surface area contributed by atoms with Gasteiger partial charge in [-0.1, -0.05) is 36.4 Å². The summed E-state index contributed by atoms with van der Waals surface area (Å²) in [6.45, 7) is 0. The first kappa shape index (κ1) is 13.5. The summed E-state index contributed by atoms with van der Waals surface area (Å²) < 4.78 is 0. The van der Waals surface area contributed by atoms with Gasteiger partial charge in [-0.15, -0.1) is 0 Å². The largest absolute Gasteiger partial charge is 0.508 e. The van der Waals surface area contributed by atoms with Crippen molar-refractivity contribution < 1.29 is 10.2 Å². The van der Waals surface area contributed by atoms with Crippen LogP contribution in [0.1, 0.15) is 0 Å². The highest BCUT2D eigenvalue weighted by atomic mass is 31.0. The molecule has 0 fully saturated rings. The molecule has 0 atom stereocenters. The molecule has 3 radical (unpaired) electrons. The third-order valence-electron chi connectivity index (χ3n) is 1.51. The molecule has 0 aliphatic carbocycles. The summed E-state index contributed by atoms with van der Waals surface area (Å²) in [5.41, 5.74) is 0. The maximum atomic E-state index is 8.63. The topological polar surface area (TPSA) is 40.5 Å². The average molecular weight is 219 g/mol. The minimum absolute atomic E-state index is 0. The van der Waals surface area contributed by atoms with Crippen LogP contribution in [0.4, 0.5) is 0 Å². The highest BCUT2D eigenvalue weighted by molar-refractivity contribution is 6.92. The second kappa shape index (κ2) is 7.84. The Labute approximate surface area is 92.8 Å². The van der Waals surface area contributed by atoms with Gasteiger partial charge in [0.15, 0.2) is 0 Å². The fourth-order valence-corrected chi connectivity index (χ4v) is 0.856. The highest BCUT2D eigenvalue weighted by Gasteiger charge is 1.75. The van der Waals surface area contributed by atoms with Crippen molar-refractivity contribution in [2.45, 2.75) is 0 Å². The molecule has 2 N–H and O–H groups in total. The van der Waals surface area contributed by atoms with Crippen LogP contribution in [0.5, 0.6) is 11.5 Å². The van der Waals surface area contributed by atoms with E-state index in [4.69, 9.17) is 10.2 Å². The van der Waals surface area contributed by atoms with Gasteiger partial charge in [-0.25, -0.2) is 0 Å². The average Bonchev–Trinajstić information content (AvgIpc) is 2.21. The van der Waals surface area contributed by atoms with E-state index in [0.717, 1.165) is 0 Å². The summed E-state index contributed by atoms with van der Waals surface area (Å²) in [6, 6.07) is 17.4. The summed E-state index contributed by atoms with van der Waals surface area (Å²) >= 11 is 0. The normalized spacial score (nSPS) is 8.00. The van der Waals surface area contributed by atoms with Gasteiger partial charge in [0.25, 0.3) is 0 Å². The number of phenolic OH excluding ortho intramolecular Hbond substituents is 2. The Morgan fingerprint density at radius 2 is 0.800 bits per heavy atom. The lowest BCUT2D eigenvalue weighted by molar-refractivity contribution is 0.475. The van der Waals surface area contributed by atoms with Crippen LogP contribution in [0, 0.1) is 0 Å². The van der Waals surface area contributed by atoms with Crippen molar-refractivity contribution in [1.29, 1.82) is 0 Å². The molecule has 0 saturated carbocycles. The predicted octanol–water partition coefficient (Wildman–Crippen LogP) is 3.65. The standard InChI is InChI=1S/2C6H6O.P/c2*7-6-4-2-1-3-5-6;/h2*1-5,7H;. The van der Waals surface area contributed by atoms with Crippen LogP contribution in [0.3, 0.4) is 0 Å². The molecule has 0 spiro atoms. The van der Waals surface area contributed by atoms with Gasteiger partial charge in [0.2, 0.25) is 0 Å². The Kier molecular flexibility index (Phi) is 7.04. The van der Waals surface area contributed by atoms with Gasteiger partial charge in [0.1, 0.15) is 11.5 Å². The van der Waals surface area contributed by atoms with Crippen LogP contribution in [0.2, 0.25) is 0 Å². The van der Waals surface area contributed by atoms with E-state index in [2.05, 4.69) is 0 Å². The van der Waals surface area contributed by atoms with E-state index < -0.39 is 0 Å². The predicted molar refractivity (Wildman–Crippen MR) is 63.1 cm³/mol. The van der Waals surface area contributed by atoms with Crippen LogP contribution >= 0.6 is 9.90 Å². The Morgan fingerprint density at radius 3 is 0.933 bits per heavy atom. The smallest absolute Gasteiger partial charge is 0.115 e. The van der Waals surface area contributed by atoms with Crippen molar-refractivity contribution in [2.75, 3.05) is 0 Å². The third kappa shape index (κ3) is 6.53. The minimum atomic E-state index is 0. The second-order valence-electron chi connectivity index (χ2n) is 2.67. The summed E-state index contributed by atoms with van der Waals surface area (Å²) in [6.07, 6.45) is 0. The quantitative estimate of drug-likeness (QED) is 0.664. The van der Waals surface area contributed by atoms with Crippen molar-refractivity contribution in [3.05, 3.63) is 60.7 Å². The van der Waals surface area contributed by atoms with Gasteiger partial charge in [-0.2, -0.15) is 0 Å². The molecule has 0 aromatic heterocycles. The number of aromatic hydroxyl groups is 2. The van der Waals surface area contributed by atoms with Crippen LogP contribution in [0.25, 0.3) is 0 Å². The van der Waals surface area contributed by atoms with E-state index in [0.29, 0.717) is 11.5 Å². The molecule has 0 bridgehead atoms. The molecule has 2 aromatic rings. The SMILES string of the molecule is Oc1ccccc1.Oc1ccccc1.[P]. The fourth-order valence-electron chi connectivity index (χ4n) is 0.856. The van der Waals surface area contributed by atoms with E-state index in [-0.39, 0.29) is 9.90 Å². The zero-order chi connectivity index (χ0) is 10.2. The van der Waals surface area contributed by atoms with Gasteiger partial charge in [-0.3, -0.25) is 0 Å². The highest BCUT2D eigenvalue weighted by Crippen LogP contribution is 2.03. The summed E-state index contributed by atoms with van der Waals surface area (Å²) in [4.78, 5) is 0. The second-order valence-corrected chi connectivity index (χ2v) is 2.67. The lowest BCUT2D eigenvalue weighted by atomic mass is 10.3. The molecule has 15 heavy (non-hydrogen) atoms. The van der Waals surface area contributed by atoms with E-state index in [9.17, 15) is 0 Å². The van der Waals surface area contributed by atoms with Gasteiger partial charge >= 0.3 is 0 Å². The van der Waals surface area contributed by atoms with Crippen molar-refractivity contribution in [1.82, 2.24) is 0 Å². The molecule has 0 aliphatic rings. The van der Waals surface area contributed by atoms with E-state index in [1.165, 1.54) is 0 Å². The molecule has 0 amide bonds. The van der Waals surface area contributed by atoms with Crippen molar-refractivity contribution in [3.8, 4) is 11.5 Å². The minimum Gasteiger partial charge on any atom is -0.508 e. The Balaban J connectivity index is 0.000000245. The van der Waals surface area contributed by atoms with Gasteiger partial charge in [-0.05, 0) is 24.3 Å². The first-order valence-corrected chi connectivity index (χ1v) is 4.27. The Hall–Kier alpha value is -1.53. The number of hydrogen-bond acceptors (Lipinski definition) is 2. The van der Waals surface area contributed by atoms with Gasteiger partial charge in [0.05, 0.1) is 0 Å². The molecule has 2 rings (SSSR count). The Morgan fingerprint density at radius 1 is 0.533 bits per heavy atom. The summed E-state index contributed by atoms with van der Waals surface area (Å²) in [5, 5.41) is 17.3. The molecule has 77 valence electrons. The lowest BCUT2D eigenvalue weighted by Crippen LogP contribution is -1.56. The molecule has 3 heteroatoms. The number of hydrogen-bond donors (Lipinski definition) is 2. The molecule has 2 nitrogen and oxygen atoms in total. The first-order valence-electron chi connectivity index (χ1n) is 4.27. The van der Waals surface area contributed by atoms with Crippen molar-refractivity contribution in [2.24, 2.45) is 0 Å². The first-order chi connectivity index (χ1) is 6.79. The monoisotopic (exact) mass is 219 g/mol. The van der Waals surface area contributed by atoms with E-state index in [1.54, 1.807) is 48.5 Å². The molecular weight excluding hydrogens is 207 g/mol. The maximum Gasteiger partial charge on any atom is 0.115 e. The molecule has 0 saturated heterocycles. The van der Waals surface area contributed by atoms with Crippen LogP contribution < -0.4 is 0 Å². The number of rotatable bonds is 0. The van der Waals surface area contributed by atoms with Crippen LogP contribution in [-0.2, 0) is 0 Å². The van der Waals surface area contributed by atoms with Gasteiger partial charge < -0.3 is 10.2 Å². The van der Waals surface area contributed by atoms with E-state index >= 15 is 0 Å². The molecule has 0 unspecified atom stereocenters. The van der Waals surface area contributed by atoms with Crippen LogP contribution in [0.15, 0.2) is 60.7 Å². The number of para-hydroxylation sites is 2. The van der Waals surface area contributed by atoms with E-state index in [1.807, 2.05) is 12.1 Å². The number of benzene rings is 2. The third-order valence-corrected chi connectivity index (χ3v) is 1.51. The Bertz CT molecular complexity index is 311. The zero-order valence-electron chi connectivity index (χ0n) is 8.12. The molecule has 2 aromatic carbocycles. The molecule has 0 heterocycles. The van der Waals surface area contributed by atoms with Crippen LogP contribution in [-0.4, -0.2) is 10.2 Å². The summed E-state index contributed by atoms with van der Waals surface area (Å²) in [5.74, 6) is 0.644. The molecule has 0 aliphatic heterocycles. The lowest BCUT2D eigenvalue weighted by Gasteiger charge is -1.82. The number of phenols is 2. The maximum absolute atomic E-state index is 8.63. The van der Waals surface area contributed by atoms with Gasteiger partial charge in [0, 0.05) is 9.90 Å². The fraction of sp³-hybridized carbons (Fsp3) is 0. The summed E-state index contributed by atoms with van der Waals surface area (Å²) in [7, 11) is 0. The van der Waals surface area contributed by atoms with Crippen molar-refractivity contribution >= 4 is 9.90 Å².